The summed E-state index contributed by atoms with van der Waals surface area (Å²) >= 11 is 0. The average Bonchev–Trinajstić information content (AvgIpc) is 2.53. The van der Waals surface area contributed by atoms with Gasteiger partial charge in [-0.1, -0.05) is 0 Å². The van der Waals surface area contributed by atoms with Crippen molar-refractivity contribution in [1.29, 1.82) is 0 Å². The van der Waals surface area contributed by atoms with Crippen molar-refractivity contribution < 1.29 is 4.74 Å². The second-order valence-corrected chi connectivity index (χ2v) is 4.39. The Balaban J connectivity index is 0.000000980. The fraction of sp³-hybridized carbons (Fsp3) is 1.00. The highest BCUT2D eigenvalue weighted by Gasteiger charge is 2.23. The first kappa shape index (κ1) is 12.2. The highest BCUT2D eigenvalue weighted by atomic mass is 35.5. The summed E-state index contributed by atoms with van der Waals surface area (Å²) < 4.78 is 5.46. The molecule has 0 aliphatic carbocycles. The van der Waals surface area contributed by atoms with E-state index < -0.39 is 0 Å². The zero-order chi connectivity index (χ0) is 9.10. The Labute approximate surface area is 92.4 Å². The third-order valence-electron chi connectivity index (χ3n) is 3.08. The van der Waals surface area contributed by atoms with Crippen LogP contribution in [0.25, 0.3) is 0 Å². The summed E-state index contributed by atoms with van der Waals surface area (Å²) in [6.07, 6.45) is 3.75. The molecule has 0 aromatic carbocycles. The summed E-state index contributed by atoms with van der Waals surface area (Å²) in [7, 11) is 0. The molecule has 0 aromatic rings. The molecule has 0 bridgehead atoms. The lowest BCUT2D eigenvalue weighted by Gasteiger charge is -2.26. The van der Waals surface area contributed by atoms with Crippen molar-refractivity contribution in [2.75, 3.05) is 32.8 Å². The Morgan fingerprint density at radius 2 is 2.21 bits per heavy atom. The van der Waals surface area contributed by atoms with E-state index in [1.54, 1.807) is 0 Å². The molecule has 2 aliphatic rings. The smallest absolute Gasteiger partial charge is 0.0506 e. The van der Waals surface area contributed by atoms with Crippen LogP contribution < -0.4 is 5.73 Å². The van der Waals surface area contributed by atoms with E-state index in [9.17, 15) is 0 Å². The van der Waals surface area contributed by atoms with E-state index in [4.69, 9.17) is 10.5 Å². The van der Waals surface area contributed by atoms with E-state index in [2.05, 4.69) is 4.90 Å². The number of likely N-dealkylation sites (tertiary alicyclic amines) is 1. The van der Waals surface area contributed by atoms with Gasteiger partial charge in [-0.25, -0.2) is 0 Å². The lowest BCUT2D eigenvalue weighted by Crippen LogP contribution is -2.33. The highest BCUT2D eigenvalue weighted by molar-refractivity contribution is 5.85. The molecule has 2 fully saturated rings. The lowest BCUT2D eigenvalue weighted by molar-refractivity contribution is 0.0416. The van der Waals surface area contributed by atoms with Crippen LogP contribution in [0.5, 0.6) is 0 Å². The highest BCUT2D eigenvalue weighted by Crippen LogP contribution is 2.17. The van der Waals surface area contributed by atoms with Gasteiger partial charge in [-0.15, -0.1) is 12.4 Å². The molecular formula is C10H21ClN2O. The van der Waals surface area contributed by atoms with Crippen LogP contribution in [0.2, 0.25) is 0 Å². The minimum absolute atomic E-state index is 0. The molecule has 2 rings (SSSR count). The van der Waals surface area contributed by atoms with Crippen molar-refractivity contribution >= 4 is 12.4 Å². The molecular weight excluding hydrogens is 200 g/mol. The van der Waals surface area contributed by atoms with Crippen LogP contribution in [0.4, 0.5) is 0 Å². The molecule has 14 heavy (non-hydrogen) atoms. The second kappa shape index (κ2) is 5.91. The largest absolute Gasteiger partial charge is 0.381 e. The summed E-state index contributed by atoms with van der Waals surface area (Å²) in [5.74, 6) is 0.763. The summed E-state index contributed by atoms with van der Waals surface area (Å²) in [4.78, 5) is 2.49. The Morgan fingerprint density at radius 3 is 2.79 bits per heavy atom. The van der Waals surface area contributed by atoms with Gasteiger partial charge in [0.2, 0.25) is 0 Å². The lowest BCUT2D eigenvalue weighted by atomic mass is 10.0. The Kier molecular flexibility index (Phi) is 5.17. The van der Waals surface area contributed by atoms with Gasteiger partial charge in [0.15, 0.2) is 0 Å². The van der Waals surface area contributed by atoms with Gasteiger partial charge >= 0.3 is 0 Å². The zero-order valence-corrected chi connectivity index (χ0v) is 9.47. The topological polar surface area (TPSA) is 38.5 Å². The molecule has 0 radical (unpaired) electrons. The number of nitrogens with two attached hydrogens (primary N) is 1. The Hall–Kier alpha value is 0.170. The van der Waals surface area contributed by atoms with E-state index in [-0.39, 0.29) is 12.4 Å². The van der Waals surface area contributed by atoms with Crippen molar-refractivity contribution in [3.63, 3.8) is 0 Å². The molecule has 84 valence electrons. The summed E-state index contributed by atoms with van der Waals surface area (Å²) in [6.45, 7) is 5.42. The molecule has 2 N–H and O–H groups in total. The van der Waals surface area contributed by atoms with E-state index in [1.807, 2.05) is 0 Å². The molecule has 0 saturated carbocycles. The summed E-state index contributed by atoms with van der Waals surface area (Å²) in [5.41, 5.74) is 5.86. The maximum Gasteiger partial charge on any atom is 0.0506 e. The minimum Gasteiger partial charge on any atom is -0.381 e. The van der Waals surface area contributed by atoms with Gasteiger partial charge in [0.1, 0.15) is 0 Å². The maximum atomic E-state index is 5.86. The van der Waals surface area contributed by atoms with Crippen molar-refractivity contribution in [1.82, 2.24) is 4.90 Å². The Bertz CT molecular complexity index is 159. The Morgan fingerprint density at radius 1 is 1.36 bits per heavy atom. The van der Waals surface area contributed by atoms with Gasteiger partial charge < -0.3 is 15.4 Å². The third kappa shape index (κ3) is 3.39. The van der Waals surface area contributed by atoms with Crippen LogP contribution in [0.15, 0.2) is 0 Å². The zero-order valence-electron chi connectivity index (χ0n) is 8.65. The van der Waals surface area contributed by atoms with E-state index in [0.717, 1.165) is 25.7 Å². The normalized spacial score (nSPS) is 34.1. The van der Waals surface area contributed by atoms with Gasteiger partial charge in [-0.05, 0) is 31.7 Å². The van der Waals surface area contributed by atoms with Gasteiger partial charge in [0.05, 0.1) is 6.61 Å². The van der Waals surface area contributed by atoms with Crippen LogP contribution in [0.3, 0.4) is 0 Å². The van der Waals surface area contributed by atoms with Gasteiger partial charge in [-0.3, -0.25) is 0 Å². The van der Waals surface area contributed by atoms with E-state index in [1.165, 1.54) is 32.4 Å². The summed E-state index contributed by atoms with van der Waals surface area (Å²) in [6, 6.07) is 0.421. The summed E-state index contributed by atoms with van der Waals surface area (Å²) in [5, 5.41) is 0. The first-order valence-electron chi connectivity index (χ1n) is 5.40. The number of rotatable bonds is 2. The molecule has 0 amide bonds. The van der Waals surface area contributed by atoms with Crippen molar-refractivity contribution in [3.05, 3.63) is 0 Å². The number of halogens is 1. The first-order valence-corrected chi connectivity index (χ1v) is 5.40. The molecule has 0 aromatic heterocycles. The van der Waals surface area contributed by atoms with Crippen LogP contribution in [0, 0.1) is 5.92 Å². The quantitative estimate of drug-likeness (QED) is 0.751. The van der Waals surface area contributed by atoms with Crippen LogP contribution in [-0.4, -0.2) is 43.8 Å². The van der Waals surface area contributed by atoms with Crippen LogP contribution >= 0.6 is 12.4 Å². The molecule has 2 heterocycles. The molecule has 2 aliphatic heterocycles. The molecule has 1 unspecified atom stereocenters. The van der Waals surface area contributed by atoms with Crippen molar-refractivity contribution in [2.45, 2.75) is 25.3 Å². The third-order valence-corrected chi connectivity index (χ3v) is 3.08. The number of hydrogen-bond donors (Lipinski definition) is 1. The first-order chi connectivity index (χ1) is 6.34. The fourth-order valence-electron chi connectivity index (χ4n) is 2.34. The monoisotopic (exact) mass is 220 g/mol. The standard InChI is InChI=1S/C10H20N2O.ClH/c11-10-3-4-12(7-10)6-9-2-1-5-13-8-9;/h9-10H,1-8,11H2;1H/t9?,10-;/m1./s1. The molecule has 2 atom stereocenters. The van der Waals surface area contributed by atoms with E-state index in [0.29, 0.717) is 6.04 Å². The van der Waals surface area contributed by atoms with Crippen LogP contribution in [-0.2, 0) is 4.74 Å². The van der Waals surface area contributed by atoms with Crippen LogP contribution in [0.1, 0.15) is 19.3 Å². The van der Waals surface area contributed by atoms with Gasteiger partial charge in [0.25, 0.3) is 0 Å². The number of ether oxygens (including phenoxy) is 1. The van der Waals surface area contributed by atoms with Crippen molar-refractivity contribution in [3.8, 4) is 0 Å². The van der Waals surface area contributed by atoms with Gasteiger partial charge in [0, 0.05) is 25.7 Å². The molecule has 0 spiro atoms. The second-order valence-electron chi connectivity index (χ2n) is 4.39. The number of nitrogens with zero attached hydrogens (tertiary/aromatic N) is 1. The number of hydrogen-bond acceptors (Lipinski definition) is 3. The fourth-order valence-corrected chi connectivity index (χ4v) is 2.34. The van der Waals surface area contributed by atoms with Crippen molar-refractivity contribution in [2.24, 2.45) is 11.7 Å². The minimum atomic E-state index is 0. The predicted octanol–water partition coefficient (Wildman–Crippen LogP) is 0.868. The molecule has 2 saturated heterocycles. The average molecular weight is 221 g/mol. The maximum absolute atomic E-state index is 5.86. The predicted molar refractivity (Wildman–Crippen MR) is 59.8 cm³/mol. The molecule has 3 nitrogen and oxygen atoms in total. The van der Waals surface area contributed by atoms with Gasteiger partial charge in [-0.2, -0.15) is 0 Å². The van der Waals surface area contributed by atoms with E-state index >= 15 is 0 Å². The molecule has 4 heteroatoms. The SMILES string of the molecule is Cl.N[C@@H]1CCN(CC2CCCOC2)C1.